The maximum atomic E-state index is 6.31. The van der Waals surface area contributed by atoms with Crippen LogP contribution in [-0.4, -0.2) is 31.6 Å². The Morgan fingerprint density at radius 1 is 1.30 bits per heavy atom. The summed E-state index contributed by atoms with van der Waals surface area (Å²) in [5, 5.41) is 4.28. The summed E-state index contributed by atoms with van der Waals surface area (Å²) in [7, 11) is 2.02. The predicted molar refractivity (Wildman–Crippen MR) is 87.3 cm³/mol. The lowest BCUT2D eigenvalue weighted by atomic mass is 9.88. The normalized spacial score (nSPS) is 25.6. The maximum absolute atomic E-state index is 6.31. The number of rotatable bonds is 5. The van der Waals surface area contributed by atoms with Gasteiger partial charge in [-0.3, -0.25) is 0 Å². The van der Waals surface area contributed by atoms with Gasteiger partial charge < -0.3 is 10.2 Å². The van der Waals surface area contributed by atoms with Gasteiger partial charge in [-0.15, -0.1) is 0 Å². The molecule has 2 rings (SSSR count). The molecule has 1 aromatic carbocycles. The molecule has 1 heterocycles. The first-order valence-electron chi connectivity index (χ1n) is 7.76. The van der Waals surface area contributed by atoms with Crippen molar-refractivity contribution in [3.8, 4) is 0 Å². The number of benzene rings is 1. The fourth-order valence-electron chi connectivity index (χ4n) is 3.08. The average molecular weight is 295 g/mol. The van der Waals surface area contributed by atoms with E-state index in [1.54, 1.807) is 0 Å². The second-order valence-corrected chi connectivity index (χ2v) is 6.60. The third-order valence-corrected chi connectivity index (χ3v) is 5.13. The van der Waals surface area contributed by atoms with Gasteiger partial charge in [-0.05, 0) is 56.4 Å². The molecular weight excluding hydrogens is 268 g/mol. The van der Waals surface area contributed by atoms with E-state index in [0.717, 1.165) is 29.8 Å². The molecule has 1 saturated heterocycles. The van der Waals surface area contributed by atoms with Gasteiger partial charge in [0.05, 0.1) is 0 Å². The molecule has 0 bridgehead atoms. The third kappa shape index (κ3) is 3.97. The van der Waals surface area contributed by atoms with Crippen molar-refractivity contribution in [3.05, 3.63) is 34.9 Å². The molecule has 1 N–H and O–H groups in total. The summed E-state index contributed by atoms with van der Waals surface area (Å²) in [6.45, 7) is 8.38. The summed E-state index contributed by atoms with van der Waals surface area (Å²) in [6, 6.07) is 8.51. The van der Waals surface area contributed by atoms with Crippen molar-refractivity contribution in [1.82, 2.24) is 10.2 Å². The summed E-state index contributed by atoms with van der Waals surface area (Å²) in [6.07, 6.45) is 2.44. The molecular formula is C17H27ClN2. The Balaban J connectivity index is 1.90. The highest BCUT2D eigenvalue weighted by Gasteiger charge is 2.23. The first kappa shape index (κ1) is 15.8. The van der Waals surface area contributed by atoms with Gasteiger partial charge in [-0.2, -0.15) is 0 Å². The summed E-state index contributed by atoms with van der Waals surface area (Å²) < 4.78 is 0. The van der Waals surface area contributed by atoms with Crippen molar-refractivity contribution >= 4 is 11.6 Å². The Hall–Kier alpha value is -0.570. The smallest absolute Gasteiger partial charge is 0.0453 e. The summed E-state index contributed by atoms with van der Waals surface area (Å²) >= 11 is 6.31. The molecule has 3 atom stereocenters. The zero-order valence-corrected chi connectivity index (χ0v) is 13.7. The molecule has 0 aliphatic carbocycles. The van der Waals surface area contributed by atoms with Crippen LogP contribution in [-0.2, 0) is 0 Å². The van der Waals surface area contributed by atoms with Crippen LogP contribution in [0.3, 0.4) is 0 Å². The maximum Gasteiger partial charge on any atom is 0.0453 e. The molecule has 20 heavy (non-hydrogen) atoms. The largest absolute Gasteiger partial charge is 0.313 e. The molecule has 1 aromatic rings. The molecule has 1 fully saturated rings. The van der Waals surface area contributed by atoms with Crippen LogP contribution >= 0.6 is 11.6 Å². The quantitative estimate of drug-likeness (QED) is 0.884. The molecule has 3 heteroatoms. The Morgan fingerprint density at radius 3 is 2.70 bits per heavy atom. The number of piperidine rings is 1. The summed E-state index contributed by atoms with van der Waals surface area (Å²) in [4.78, 5) is 2.60. The second-order valence-electron chi connectivity index (χ2n) is 6.20. The lowest BCUT2D eigenvalue weighted by Gasteiger charge is -2.36. The summed E-state index contributed by atoms with van der Waals surface area (Å²) in [5.41, 5.74) is 1.22. The van der Waals surface area contributed by atoms with E-state index in [1.807, 2.05) is 19.2 Å². The van der Waals surface area contributed by atoms with Crippen LogP contribution < -0.4 is 5.32 Å². The Labute approximate surface area is 128 Å². The van der Waals surface area contributed by atoms with E-state index >= 15 is 0 Å². The molecule has 0 radical (unpaired) electrons. The SMILES string of the molecule is CNC(CCN1CCC(C)C(C)C1)c1ccccc1Cl. The molecule has 3 unspecified atom stereocenters. The van der Waals surface area contributed by atoms with E-state index in [2.05, 4.69) is 36.2 Å². The van der Waals surface area contributed by atoms with Crippen LogP contribution in [0, 0.1) is 11.8 Å². The minimum Gasteiger partial charge on any atom is -0.313 e. The van der Waals surface area contributed by atoms with Gasteiger partial charge in [0.25, 0.3) is 0 Å². The van der Waals surface area contributed by atoms with Gasteiger partial charge in [-0.1, -0.05) is 43.6 Å². The topological polar surface area (TPSA) is 15.3 Å². The van der Waals surface area contributed by atoms with E-state index in [0.29, 0.717) is 6.04 Å². The molecule has 1 aliphatic rings. The van der Waals surface area contributed by atoms with Gasteiger partial charge >= 0.3 is 0 Å². The zero-order chi connectivity index (χ0) is 14.5. The van der Waals surface area contributed by atoms with Crippen molar-refractivity contribution in [2.75, 3.05) is 26.7 Å². The van der Waals surface area contributed by atoms with Crippen LogP contribution in [0.15, 0.2) is 24.3 Å². The van der Waals surface area contributed by atoms with Crippen molar-refractivity contribution in [3.63, 3.8) is 0 Å². The van der Waals surface area contributed by atoms with E-state index in [-0.39, 0.29) is 0 Å². The van der Waals surface area contributed by atoms with Crippen molar-refractivity contribution in [1.29, 1.82) is 0 Å². The fraction of sp³-hybridized carbons (Fsp3) is 0.647. The van der Waals surface area contributed by atoms with Gasteiger partial charge in [0.1, 0.15) is 0 Å². The highest BCUT2D eigenvalue weighted by molar-refractivity contribution is 6.31. The summed E-state index contributed by atoms with van der Waals surface area (Å²) in [5.74, 6) is 1.69. The number of likely N-dealkylation sites (tertiary alicyclic amines) is 1. The minimum atomic E-state index is 0.346. The molecule has 0 aromatic heterocycles. The van der Waals surface area contributed by atoms with Gasteiger partial charge in [0, 0.05) is 17.6 Å². The highest BCUT2D eigenvalue weighted by Crippen LogP contribution is 2.27. The number of halogens is 1. The van der Waals surface area contributed by atoms with Crippen LogP contribution in [0.5, 0.6) is 0 Å². The predicted octanol–water partition coefficient (Wildman–Crippen LogP) is 3.97. The molecule has 1 aliphatic heterocycles. The lowest BCUT2D eigenvalue weighted by Crippen LogP contribution is -2.39. The van der Waals surface area contributed by atoms with Crippen LogP contribution in [0.1, 0.15) is 38.3 Å². The van der Waals surface area contributed by atoms with Gasteiger partial charge in [0.15, 0.2) is 0 Å². The molecule has 0 saturated carbocycles. The van der Waals surface area contributed by atoms with Crippen molar-refractivity contribution in [2.24, 2.45) is 11.8 Å². The number of hydrogen-bond acceptors (Lipinski definition) is 2. The van der Waals surface area contributed by atoms with E-state index in [4.69, 9.17) is 11.6 Å². The number of nitrogens with one attached hydrogen (secondary N) is 1. The molecule has 0 spiro atoms. The van der Waals surface area contributed by atoms with E-state index < -0.39 is 0 Å². The number of hydrogen-bond donors (Lipinski definition) is 1. The van der Waals surface area contributed by atoms with Crippen LogP contribution in [0.4, 0.5) is 0 Å². The van der Waals surface area contributed by atoms with E-state index in [1.165, 1.54) is 25.1 Å². The van der Waals surface area contributed by atoms with Gasteiger partial charge in [0.2, 0.25) is 0 Å². The van der Waals surface area contributed by atoms with Crippen molar-refractivity contribution < 1.29 is 0 Å². The number of nitrogens with zero attached hydrogens (tertiary/aromatic N) is 1. The third-order valence-electron chi connectivity index (χ3n) is 4.78. The van der Waals surface area contributed by atoms with Crippen molar-refractivity contribution in [2.45, 2.75) is 32.7 Å². The highest BCUT2D eigenvalue weighted by atomic mass is 35.5. The molecule has 0 amide bonds. The Kier molecular flexibility index (Phi) is 5.88. The van der Waals surface area contributed by atoms with Crippen LogP contribution in [0.25, 0.3) is 0 Å². The average Bonchev–Trinajstić information content (AvgIpc) is 2.45. The van der Waals surface area contributed by atoms with Crippen LogP contribution in [0.2, 0.25) is 5.02 Å². The second kappa shape index (κ2) is 7.44. The molecule has 2 nitrogen and oxygen atoms in total. The lowest BCUT2D eigenvalue weighted by molar-refractivity contribution is 0.134. The Bertz CT molecular complexity index is 421. The fourth-order valence-corrected chi connectivity index (χ4v) is 3.34. The molecule has 112 valence electrons. The standard InChI is InChI=1S/C17H27ClN2/c1-13-8-10-20(12-14(13)2)11-9-17(19-3)15-6-4-5-7-16(15)18/h4-7,13-14,17,19H,8-12H2,1-3H3. The van der Waals surface area contributed by atoms with E-state index in [9.17, 15) is 0 Å². The van der Waals surface area contributed by atoms with Gasteiger partial charge in [-0.25, -0.2) is 0 Å². The monoisotopic (exact) mass is 294 g/mol. The Morgan fingerprint density at radius 2 is 2.05 bits per heavy atom. The zero-order valence-electron chi connectivity index (χ0n) is 12.9. The minimum absolute atomic E-state index is 0.346. The first-order valence-corrected chi connectivity index (χ1v) is 8.13. The first-order chi connectivity index (χ1) is 9.61.